The van der Waals surface area contributed by atoms with Crippen LogP contribution in [0.5, 0.6) is 11.6 Å². The van der Waals surface area contributed by atoms with Crippen molar-refractivity contribution in [1.29, 1.82) is 0 Å². The quantitative estimate of drug-likeness (QED) is 0.716. The summed E-state index contributed by atoms with van der Waals surface area (Å²) >= 11 is 0. The second-order valence-electron chi connectivity index (χ2n) is 7.23. The Morgan fingerprint density at radius 3 is 2.71 bits per heavy atom. The van der Waals surface area contributed by atoms with Crippen LogP contribution >= 0.6 is 0 Å². The van der Waals surface area contributed by atoms with Gasteiger partial charge in [0, 0.05) is 23.7 Å². The van der Waals surface area contributed by atoms with Crippen molar-refractivity contribution in [3.8, 4) is 11.6 Å². The van der Waals surface area contributed by atoms with Crippen LogP contribution in [0, 0.1) is 6.92 Å². The molecule has 0 aliphatic heterocycles. The Hall–Kier alpha value is -3.02. The number of methoxy groups -OCH3 is 1. The number of carbonyl (C=O) groups excluding carboxylic acids is 1. The van der Waals surface area contributed by atoms with Crippen molar-refractivity contribution in [2.75, 3.05) is 7.11 Å². The number of aromatic nitrogens is 1. The lowest BCUT2D eigenvalue weighted by atomic mass is 9.93. The van der Waals surface area contributed by atoms with Crippen molar-refractivity contribution < 1.29 is 18.7 Å². The Bertz CT molecular complexity index is 956. The molecule has 6 nitrogen and oxygen atoms in total. The van der Waals surface area contributed by atoms with E-state index in [2.05, 4.69) is 10.3 Å². The summed E-state index contributed by atoms with van der Waals surface area (Å²) < 4.78 is 17.0. The molecule has 1 N–H and O–H groups in total. The van der Waals surface area contributed by atoms with E-state index < -0.39 is 0 Å². The van der Waals surface area contributed by atoms with Crippen molar-refractivity contribution in [2.45, 2.75) is 44.8 Å². The second kappa shape index (κ2) is 7.92. The Balaban J connectivity index is 1.33. The SMILES string of the molecule is COc1cccc2cc(C(=O)NC3CCC(Oc4ccc(C)cn4)CC3)oc12. The maximum atomic E-state index is 12.6. The minimum atomic E-state index is -0.192. The third kappa shape index (κ3) is 3.96. The van der Waals surface area contributed by atoms with Gasteiger partial charge in [-0.3, -0.25) is 4.79 Å². The minimum Gasteiger partial charge on any atom is -0.493 e. The van der Waals surface area contributed by atoms with E-state index in [1.165, 1.54) is 0 Å². The van der Waals surface area contributed by atoms with Gasteiger partial charge < -0.3 is 19.2 Å². The molecule has 2 heterocycles. The summed E-state index contributed by atoms with van der Waals surface area (Å²) in [6.07, 6.45) is 5.45. The second-order valence-corrected chi connectivity index (χ2v) is 7.23. The Morgan fingerprint density at radius 2 is 2.00 bits per heavy atom. The Kier molecular flexibility index (Phi) is 5.19. The van der Waals surface area contributed by atoms with Gasteiger partial charge in [0.15, 0.2) is 17.1 Å². The Labute approximate surface area is 163 Å². The lowest BCUT2D eigenvalue weighted by Gasteiger charge is -2.29. The molecule has 0 radical (unpaired) electrons. The van der Waals surface area contributed by atoms with Gasteiger partial charge in [-0.05, 0) is 50.3 Å². The summed E-state index contributed by atoms with van der Waals surface area (Å²) in [6, 6.07) is 11.4. The first-order chi connectivity index (χ1) is 13.6. The van der Waals surface area contributed by atoms with E-state index in [4.69, 9.17) is 13.9 Å². The molecule has 1 fully saturated rings. The lowest BCUT2D eigenvalue weighted by Crippen LogP contribution is -2.39. The van der Waals surface area contributed by atoms with Crippen LogP contribution in [0.15, 0.2) is 47.0 Å². The zero-order valence-corrected chi connectivity index (χ0v) is 16.1. The number of ether oxygens (including phenoxy) is 2. The number of nitrogens with zero attached hydrogens (tertiary/aromatic N) is 1. The fourth-order valence-electron chi connectivity index (χ4n) is 3.59. The average Bonchev–Trinajstić information content (AvgIpc) is 3.16. The number of aryl methyl sites for hydroxylation is 1. The molecule has 4 rings (SSSR count). The van der Waals surface area contributed by atoms with Crippen molar-refractivity contribution in [2.24, 2.45) is 0 Å². The predicted molar refractivity (Wildman–Crippen MR) is 106 cm³/mol. The first kappa shape index (κ1) is 18.3. The zero-order valence-electron chi connectivity index (χ0n) is 16.1. The van der Waals surface area contributed by atoms with E-state index in [-0.39, 0.29) is 18.1 Å². The summed E-state index contributed by atoms with van der Waals surface area (Å²) in [5.41, 5.74) is 1.71. The molecule has 0 bridgehead atoms. The predicted octanol–water partition coefficient (Wildman–Crippen LogP) is 4.26. The maximum Gasteiger partial charge on any atom is 0.287 e. The first-order valence-corrected chi connectivity index (χ1v) is 9.59. The average molecular weight is 380 g/mol. The molecule has 0 atom stereocenters. The van der Waals surface area contributed by atoms with Gasteiger partial charge in [0.1, 0.15) is 6.10 Å². The topological polar surface area (TPSA) is 73.6 Å². The number of carbonyl (C=O) groups is 1. The normalized spacial score (nSPS) is 19.4. The minimum absolute atomic E-state index is 0.119. The molecular weight excluding hydrogens is 356 g/mol. The van der Waals surface area contributed by atoms with Crippen LogP contribution in [-0.4, -0.2) is 30.1 Å². The van der Waals surface area contributed by atoms with Gasteiger partial charge in [0.25, 0.3) is 5.91 Å². The number of hydrogen-bond donors (Lipinski definition) is 1. The Morgan fingerprint density at radius 1 is 1.18 bits per heavy atom. The summed E-state index contributed by atoms with van der Waals surface area (Å²) in [5.74, 6) is 1.40. The fourth-order valence-corrected chi connectivity index (χ4v) is 3.59. The first-order valence-electron chi connectivity index (χ1n) is 9.59. The van der Waals surface area contributed by atoms with Crippen LogP contribution in [0.4, 0.5) is 0 Å². The largest absolute Gasteiger partial charge is 0.493 e. The number of para-hydroxylation sites is 1. The van der Waals surface area contributed by atoms with Crippen molar-refractivity contribution in [3.05, 3.63) is 53.9 Å². The monoisotopic (exact) mass is 380 g/mol. The van der Waals surface area contributed by atoms with Gasteiger partial charge in [0.2, 0.25) is 5.88 Å². The number of rotatable bonds is 5. The van der Waals surface area contributed by atoms with E-state index in [0.29, 0.717) is 23.0 Å². The van der Waals surface area contributed by atoms with Crippen molar-refractivity contribution in [3.63, 3.8) is 0 Å². The number of fused-ring (bicyclic) bond motifs is 1. The molecule has 1 aliphatic rings. The van der Waals surface area contributed by atoms with Crippen molar-refractivity contribution >= 4 is 16.9 Å². The molecule has 1 aliphatic carbocycles. The van der Waals surface area contributed by atoms with Gasteiger partial charge in [-0.1, -0.05) is 18.2 Å². The molecule has 146 valence electrons. The van der Waals surface area contributed by atoms with Crippen LogP contribution < -0.4 is 14.8 Å². The van der Waals surface area contributed by atoms with E-state index in [9.17, 15) is 4.79 Å². The van der Waals surface area contributed by atoms with Gasteiger partial charge >= 0.3 is 0 Å². The standard InChI is InChI=1S/C22H24N2O4/c1-14-6-11-20(23-13-14)27-17-9-7-16(8-10-17)24-22(25)19-12-15-4-3-5-18(26-2)21(15)28-19/h3-6,11-13,16-17H,7-10H2,1-2H3,(H,24,25). The van der Waals surface area contributed by atoms with E-state index >= 15 is 0 Å². The number of pyridine rings is 1. The molecule has 0 unspecified atom stereocenters. The molecule has 6 heteroatoms. The number of furan rings is 1. The summed E-state index contributed by atoms with van der Waals surface area (Å²) in [6.45, 7) is 2.00. The molecular formula is C22H24N2O4. The van der Waals surface area contributed by atoms with E-state index in [1.54, 1.807) is 13.2 Å². The van der Waals surface area contributed by atoms with Crippen LogP contribution in [0.2, 0.25) is 0 Å². The molecule has 1 saturated carbocycles. The summed E-state index contributed by atoms with van der Waals surface area (Å²) in [4.78, 5) is 16.9. The number of amides is 1. The molecule has 0 spiro atoms. The van der Waals surface area contributed by atoms with Crippen LogP contribution in [0.25, 0.3) is 11.0 Å². The van der Waals surface area contributed by atoms with E-state index in [0.717, 1.165) is 36.6 Å². The van der Waals surface area contributed by atoms with Crippen LogP contribution in [0.1, 0.15) is 41.8 Å². The van der Waals surface area contributed by atoms with Gasteiger partial charge in [-0.25, -0.2) is 4.98 Å². The highest BCUT2D eigenvalue weighted by Gasteiger charge is 2.25. The van der Waals surface area contributed by atoms with Crippen LogP contribution in [-0.2, 0) is 0 Å². The number of hydrogen-bond acceptors (Lipinski definition) is 5. The third-order valence-corrected chi connectivity index (χ3v) is 5.13. The van der Waals surface area contributed by atoms with Gasteiger partial charge in [-0.2, -0.15) is 0 Å². The smallest absolute Gasteiger partial charge is 0.287 e. The molecule has 3 aromatic rings. The van der Waals surface area contributed by atoms with Crippen molar-refractivity contribution in [1.82, 2.24) is 10.3 Å². The highest BCUT2D eigenvalue weighted by molar-refractivity contribution is 5.97. The highest BCUT2D eigenvalue weighted by atomic mass is 16.5. The summed E-state index contributed by atoms with van der Waals surface area (Å²) in [7, 11) is 1.59. The fraction of sp³-hybridized carbons (Fsp3) is 0.364. The van der Waals surface area contributed by atoms with E-state index in [1.807, 2.05) is 43.5 Å². The van der Waals surface area contributed by atoms with Gasteiger partial charge in [-0.15, -0.1) is 0 Å². The lowest BCUT2D eigenvalue weighted by molar-refractivity contribution is 0.0865. The maximum absolute atomic E-state index is 12.6. The molecule has 28 heavy (non-hydrogen) atoms. The molecule has 1 aromatic carbocycles. The number of benzene rings is 1. The zero-order chi connectivity index (χ0) is 19.5. The molecule has 0 saturated heterocycles. The highest BCUT2D eigenvalue weighted by Crippen LogP contribution is 2.29. The third-order valence-electron chi connectivity index (χ3n) is 5.13. The van der Waals surface area contributed by atoms with Crippen LogP contribution in [0.3, 0.4) is 0 Å². The molecule has 1 amide bonds. The number of nitrogens with one attached hydrogen (secondary N) is 1. The van der Waals surface area contributed by atoms with Gasteiger partial charge in [0.05, 0.1) is 7.11 Å². The summed E-state index contributed by atoms with van der Waals surface area (Å²) in [5, 5.41) is 3.93. The molecule has 2 aromatic heterocycles.